The molecular weight excluding hydrogens is 200 g/mol. The maximum atomic E-state index is 5.25. The van der Waals surface area contributed by atoms with Crippen LogP contribution in [0.5, 0.6) is 0 Å². The molecule has 0 spiro atoms. The van der Waals surface area contributed by atoms with Gasteiger partial charge in [0.25, 0.3) is 0 Å². The second-order valence-corrected chi connectivity index (χ2v) is 4.87. The van der Waals surface area contributed by atoms with Gasteiger partial charge in [-0.3, -0.25) is 0 Å². The smallest absolute Gasteiger partial charge is 0.0502 e. The van der Waals surface area contributed by atoms with Crippen LogP contribution in [0.15, 0.2) is 0 Å². The molecule has 0 aliphatic carbocycles. The summed E-state index contributed by atoms with van der Waals surface area (Å²) >= 11 is 0. The lowest BCUT2D eigenvalue weighted by molar-refractivity contribution is 0.0901. The quantitative estimate of drug-likeness (QED) is 0.640. The fourth-order valence-electron chi connectivity index (χ4n) is 2.46. The second-order valence-electron chi connectivity index (χ2n) is 4.87. The number of piperidine rings is 1. The topological polar surface area (TPSA) is 24.5 Å². The van der Waals surface area contributed by atoms with Crippen molar-refractivity contribution in [3.8, 4) is 0 Å². The highest BCUT2D eigenvalue weighted by atomic mass is 16.5. The van der Waals surface area contributed by atoms with Crippen molar-refractivity contribution in [2.75, 3.05) is 46.4 Å². The SMILES string of the molecule is CCCNCCCN1CCCC(COC)C1. The van der Waals surface area contributed by atoms with Crippen molar-refractivity contribution in [1.29, 1.82) is 0 Å². The molecule has 1 fully saturated rings. The van der Waals surface area contributed by atoms with Crippen molar-refractivity contribution in [3.63, 3.8) is 0 Å². The van der Waals surface area contributed by atoms with Crippen LogP contribution in [-0.4, -0.2) is 51.3 Å². The number of hydrogen-bond acceptors (Lipinski definition) is 3. The summed E-state index contributed by atoms with van der Waals surface area (Å²) in [5.74, 6) is 0.766. The third-order valence-corrected chi connectivity index (χ3v) is 3.26. The summed E-state index contributed by atoms with van der Waals surface area (Å²) < 4.78 is 5.25. The largest absolute Gasteiger partial charge is 0.384 e. The Labute approximate surface area is 101 Å². The number of nitrogens with one attached hydrogen (secondary N) is 1. The summed E-state index contributed by atoms with van der Waals surface area (Å²) in [6.07, 6.45) is 5.20. The molecule has 0 saturated carbocycles. The maximum Gasteiger partial charge on any atom is 0.0502 e. The first-order chi connectivity index (χ1) is 7.86. The van der Waals surface area contributed by atoms with Crippen LogP contribution in [-0.2, 0) is 4.74 Å². The van der Waals surface area contributed by atoms with Gasteiger partial charge in [0.2, 0.25) is 0 Å². The van der Waals surface area contributed by atoms with Gasteiger partial charge in [-0.2, -0.15) is 0 Å². The number of hydrogen-bond donors (Lipinski definition) is 1. The Kier molecular flexibility index (Phi) is 7.81. The molecule has 1 aliphatic heterocycles. The molecule has 3 nitrogen and oxygen atoms in total. The van der Waals surface area contributed by atoms with Gasteiger partial charge in [-0.25, -0.2) is 0 Å². The molecule has 1 rings (SSSR count). The molecule has 0 aromatic heterocycles. The highest BCUT2D eigenvalue weighted by Crippen LogP contribution is 2.16. The van der Waals surface area contributed by atoms with E-state index in [2.05, 4.69) is 17.1 Å². The minimum atomic E-state index is 0.766. The zero-order valence-corrected chi connectivity index (χ0v) is 11.0. The Morgan fingerprint density at radius 2 is 2.25 bits per heavy atom. The van der Waals surface area contributed by atoms with Crippen molar-refractivity contribution in [3.05, 3.63) is 0 Å². The Balaban J connectivity index is 2.02. The summed E-state index contributed by atoms with van der Waals surface area (Å²) in [7, 11) is 1.81. The summed E-state index contributed by atoms with van der Waals surface area (Å²) in [6, 6.07) is 0. The summed E-state index contributed by atoms with van der Waals surface area (Å²) in [5, 5.41) is 3.46. The molecule has 0 aromatic carbocycles. The van der Waals surface area contributed by atoms with Crippen molar-refractivity contribution >= 4 is 0 Å². The molecule has 1 aliphatic rings. The van der Waals surface area contributed by atoms with Crippen LogP contribution in [0.1, 0.15) is 32.6 Å². The lowest BCUT2D eigenvalue weighted by atomic mass is 9.99. The average Bonchev–Trinajstić information content (AvgIpc) is 2.30. The van der Waals surface area contributed by atoms with Crippen LogP contribution in [0.4, 0.5) is 0 Å². The Hall–Kier alpha value is -0.120. The molecule has 0 radical (unpaired) electrons. The monoisotopic (exact) mass is 228 g/mol. The number of methoxy groups -OCH3 is 1. The Morgan fingerprint density at radius 3 is 3.00 bits per heavy atom. The molecular formula is C13H28N2O. The van der Waals surface area contributed by atoms with E-state index in [0.29, 0.717) is 0 Å². The van der Waals surface area contributed by atoms with Gasteiger partial charge in [0.15, 0.2) is 0 Å². The van der Waals surface area contributed by atoms with E-state index in [1.54, 1.807) is 0 Å². The lowest BCUT2D eigenvalue weighted by Crippen LogP contribution is -2.38. The van der Waals surface area contributed by atoms with Crippen LogP contribution in [0, 0.1) is 5.92 Å². The van der Waals surface area contributed by atoms with Crippen LogP contribution < -0.4 is 5.32 Å². The van der Waals surface area contributed by atoms with E-state index in [1.165, 1.54) is 51.9 Å². The molecule has 1 heterocycles. The molecule has 0 amide bonds. The predicted octanol–water partition coefficient (Wildman–Crippen LogP) is 1.73. The minimum absolute atomic E-state index is 0.766. The first-order valence-electron chi connectivity index (χ1n) is 6.78. The molecule has 1 atom stereocenters. The van der Waals surface area contributed by atoms with E-state index >= 15 is 0 Å². The summed E-state index contributed by atoms with van der Waals surface area (Å²) in [6.45, 7) is 9.25. The van der Waals surface area contributed by atoms with Gasteiger partial charge in [0, 0.05) is 13.7 Å². The average molecular weight is 228 g/mol. The number of likely N-dealkylation sites (tertiary alicyclic amines) is 1. The van der Waals surface area contributed by atoms with Gasteiger partial charge in [-0.15, -0.1) is 0 Å². The zero-order chi connectivity index (χ0) is 11.6. The van der Waals surface area contributed by atoms with Crippen LogP contribution in [0.25, 0.3) is 0 Å². The Morgan fingerprint density at radius 1 is 1.38 bits per heavy atom. The highest BCUT2D eigenvalue weighted by molar-refractivity contribution is 4.72. The highest BCUT2D eigenvalue weighted by Gasteiger charge is 2.18. The van der Waals surface area contributed by atoms with Gasteiger partial charge in [-0.1, -0.05) is 6.92 Å². The van der Waals surface area contributed by atoms with E-state index in [1.807, 2.05) is 7.11 Å². The molecule has 1 unspecified atom stereocenters. The number of rotatable bonds is 8. The van der Waals surface area contributed by atoms with Crippen molar-refractivity contribution < 1.29 is 4.74 Å². The molecule has 1 N–H and O–H groups in total. The predicted molar refractivity (Wildman–Crippen MR) is 68.8 cm³/mol. The van der Waals surface area contributed by atoms with Crippen molar-refractivity contribution in [2.45, 2.75) is 32.6 Å². The van der Waals surface area contributed by atoms with Crippen molar-refractivity contribution in [1.82, 2.24) is 10.2 Å². The normalized spacial score (nSPS) is 22.5. The van der Waals surface area contributed by atoms with Crippen LogP contribution in [0.2, 0.25) is 0 Å². The lowest BCUT2D eigenvalue weighted by Gasteiger charge is -2.32. The first-order valence-corrected chi connectivity index (χ1v) is 6.78. The van der Waals surface area contributed by atoms with Crippen LogP contribution in [0.3, 0.4) is 0 Å². The van der Waals surface area contributed by atoms with Crippen LogP contribution >= 0.6 is 0 Å². The molecule has 96 valence electrons. The third kappa shape index (κ3) is 5.83. The van der Waals surface area contributed by atoms with Gasteiger partial charge < -0.3 is 15.0 Å². The fourth-order valence-corrected chi connectivity index (χ4v) is 2.46. The second kappa shape index (κ2) is 8.97. The molecule has 0 bridgehead atoms. The molecule has 3 heteroatoms. The zero-order valence-electron chi connectivity index (χ0n) is 11.0. The summed E-state index contributed by atoms with van der Waals surface area (Å²) in [4.78, 5) is 2.60. The van der Waals surface area contributed by atoms with Gasteiger partial charge >= 0.3 is 0 Å². The van der Waals surface area contributed by atoms with E-state index in [9.17, 15) is 0 Å². The molecule has 16 heavy (non-hydrogen) atoms. The summed E-state index contributed by atoms with van der Waals surface area (Å²) in [5.41, 5.74) is 0. The third-order valence-electron chi connectivity index (χ3n) is 3.26. The van der Waals surface area contributed by atoms with Gasteiger partial charge in [-0.05, 0) is 57.8 Å². The van der Waals surface area contributed by atoms with E-state index in [-0.39, 0.29) is 0 Å². The van der Waals surface area contributed by atoms with E-state index < -0.39 is 0 Å². The number of ether oxygens (including phenoxy) is 1. The molecule has 0 aromatic rings. The standard InChI is InChI=1S/C13H28N2O/c1-3-7-14-8-5-10-15-9-4-6-13(11-15)12-16-2/h13-14H,3-12H2,1-2H3. The number of nitrogens with zero attached hydrogens (tertiary/aromatic N) is 1. The maximum absolute atomic E-state index is 5.25. The Bertz CT molecular complexity index is 162. The fraction of sp³-hybridized carbons (Fsp3) is 1.00. The van der Waals surface area contributed by atoms with Crippen molar-refractivity contribution in [2.24, 2.45) is 5.92 Å². The first kappa shape index (κ1) is 13.9. The van der Waals surface area contributed by atoms with Gasteiger partial charge in [0.05, 0.1) is 6.61 Å². The van der Waals surface area contributed by atoms with E-state index in [4.69, 9.17) is 4.74 Å². The van der Waals surface area contributed by atoms with Gasteiger partial charge in [0.1, 0.15) is 0 Å². The van der Waals surface area contributed by atoms with E-state index in [0.717, 1.165) is 19.1 Å². The molecule has 1 saturated heterocycles. The minimum Gasteiger partial charge on any atom is -0.384 e.